The van der Waals surface area contributed by atoms with E-state index >= 15 is 0 Å². The van der Waals surface area contributed by atoms with E-state index in [4.69, 9.17) is 21.7 Å². The molecule has 0 spiro atoms. The summed E-state index contributed by atoms with van der Waals surface area (Å²) in [6.07, 6.45) is 1.74. The van der Waals surface area contributed by atoms with Gasteiger partial charge < -0.3 is 14.8 Å². The van der Waals surface area contributed by atoms with Crippen molar-refractivity contribution in [3.63, 3.8) is 0 Å². The fraction of sp³-hybridized carbons (Fsp3) is 0.167. The van der Waals surface area contributed by atoms with Crippen LogP contribution in [0.3, 0.4) is 0 Å². The van der Waals surface area contributed by atoms with Crippen LogP contribution >= 0.6 is 12.2 Å². The molecule has 1 saturated heterocycles. The van der Waals surface area contributed by atoms with Gasteiger partial charge in [-0.3, -0.25) is 9.69 Å². The molecule has 1 N–H and O–H groups in total. The minimum atomic E-state index is -0.141. The van der Waals surface area contributed by atoms with Gasteiger partial charge in [-0.2, -0.15) is 0 Å². The number of nitrogens with zero attached hydrogens (tertiary/aromatic N) is 1. The zero-order valence-corrected chi connectivity index (χ0v) is 10.4. The van der Waals surface area contributed by atoms with Crippen molar-refractivity contribution in [1.29, 1.82) is 0 Å². The van der Waals surface area contributed by atoms with Gasteiger partial charge in [-0.05, 0) is 36.0 Å². The van der Waals surface area contributed by atoms with Crippen LogP contribution < -0.4 is 14.8 Å². The Morgan fingerprint density at radius 2 is 2.17 bits per heavy atom. The molecule has 5 nitrogen and oxygen atoms in total. The van der Waals surface area contributed by atoms with Crippen LogP contribution in [0.25, 0.3) is 6.08 Å². The summed E-state index contributed by atoms with van der Waals surface area (Å²) in [4.78, 5) is 13.2. The molecule has 18 heavy (non-hydrogen) atoms. The van der Waals surface area contributed by atoms with Gasteiger partial charge in [-0.15, -0.1) is 0 Å². The number of hydrogen-bond acceptors (Lipinski definition) is 4. The lowest BCUT2D eigenvalue weighted by molar-refractivity contribution is -0.121. The average Bonchev–Trinajstić information content (AvgIpc) is 2.91. The summed E-state index contributed by atoms with van der Waals surface area (Å²) in [6.45, 7) is 0.235. The number of nitrogens with one attached hydrogen (secondary N) is 1. The number of fused-ring (bicyclic) bond motifs is 1. The third-order valence-electron chi connectivity index (χ3n) is 2.79. The molecular formula is C12H10N2O3S. The molecule has 2 heterocycles. The van der Waals surface area contributed by atoms with Crippen LogP contribution in [0, 0.1) is 0 Å². The predicted octanol–water partition coefficient (Wildman–Crippen LogP) is 1.10. The van der Waals surface area contributed by atoms with Gasteiger partial charge in [0.1, 0.15) is 5.70 Å². The normalized spacial score (nSPS) is 19.6. The minimum Gasteiger partial charge on any atom is -0.454 e. The van der Waals surface area contributed by atoms with Gasteiger partial charge in [0.05, 0.1) is 0 Å². The largest absolute Gasteiger partial charge is 0.454 e. The summed E-state index contributed by atoms with van der Waals surface area (Å²) in [5.41, 5.74) is 1.31. The zero-order valence-electron chi connectivity index (χ0n) is 9.60. The second-order valence-corrected chi connectivity index (χ2v) is 4.35. The molecule has 1 aromatic carbocycles. The number of benzene rings is 1. The number of carbonyl (C=O) groups is 1. The van der Waals surface area contributed by atoms with Crippen molar-refractivity contribution in [3.05, 3.63) is 29.5 Å². The van der Waals surface area contributed by atoms with E-state index in [1.807, 2.05) is 18.2 Å². The van der Waals surface area contributed by atoms with Crippen LogP contribution in [0.4, 0.5) is 0 Å². The number of carbonyl (C=O) groups excluding carboxylic acids is 1. The minimum absolute atomic E-state index is 0.141. The summed E-state index contributed by atoms with van der Waals surface area (Å²) in [6, 6.07) is 5.50. The fourth-order valence-electron chi connectivity index (χ4n) is 1.79. The van der Waals surface area contributed by atoms with Gasteiger partial charge in [-0.25, -0.2) is 0 Å². The zero-order chi connectivity index (χ0) is 12.7. The maximum atomic E-state index is 11.8. The molecule has 2 aliphatic rings. The van der Waals surface area contributed by atoms with E-state index in [-0.39, 0.29) is 12.7 Å². The van der Waals surface area contributed by atoms with Crippen LogP contribution in [-0.4, -0.2) is 29.8 Å². The maximum Gasteiger partial charge on any atom is 0.276 e. The van der Waals surface area contributed by atoms with Crippen LogP contribution in [0.1, 0.15) is 5.56 Å². The molecule has 2 aliphatic heterocycles. The van der Waals surface area contributed by atoms with Gasteiger partial charge in [0.2, 0.25) is 6.79 Å². The van der Waals surface area contributed by atoms with Crippen LogP contribution in [0.15, 0.2) is 23.9 Å². The molecule has 0 aliphatic carbocycles. The van der Waals surface area contributed by atoms with Gasteiger partial charge in [0, 0.05) is 7.05 Å². The van der Waals surface area contributed by atoms with E-state index in [2.05, 4.69) is 5.32 Å². The highest BCUT2D eigenvalue weighted by Crippen LogP contribution is 2.33. The molecule has 0 aromatic heterocycles. The summed E-state index contributed by atoms with van der Waals surface area (Å²) in [5.74, 6) is 1.26. The summed E-state index contributed by atoms with van der Waals surface area (Å²) in [7, 11) is 1.64. The molecule has 0 radical (unpaired) electrons. The summed E-state index contributed by atoms with van der Waals surface area (Å²) in [5, 5.41) is 3.28. The Morgan fingerprint density at radius 1 is 1.39 bits per heavy atom. The summed E-state index contributed by atoms with van der Waals surface area (Å²) >= 11 is 5.00. The number of hydrogen-bond donors (Lipinski definition) is 1. The molecule has 1 fully saturated rings. The molecule has 0 unspecified atom stereocenters. The number of amides is 1. The molecule has 6 heteroatoms. The van der Waals surface area contributed by atoms with Crippen molar-refractivity contribution in [2.75, 3.05) is 13.8 Å². The van der Waals surface area contributed by atoms with Crippen molar-refractivity contribution in [3.8, 4) is 11.5 Å². The Balaban J connectivity index is 1.93. The monoisotopic (exact) mass is 262 g/mol. The number of rotatable bonds is 1. The van der Waals surface area contributed by atoms with Gasteiger partial charge in [0.15, 0.2) is 16.6 Å². The molecular weight excluding hydrogens is 252 g/mol. The summed E-state index contributed by atoms with van der Waals surface area (Å²) < 4.78 is 10.5. The molecule has 0 saturated carbocycles. The van der Waals surface area contributed by atoms with Gasteiger partial charge in [0.25, 0.3) is 5.91 Å². The van der Waals surface area contributed by atoms with E-state index in [9.17, 15) is 4.79 Å². The Hall–Kier alpha value is -2.08. The average molecular weight is 262 g/mol. The molecule has 3 rings (SSSR count). The van der Waals surface area contributed by atoms with E-state index in [0.29, 0.717) is 16.6 Å². The standard InChI is InChI=1S/C12H10N2O3S/c1-14-11(15)8(13-12(14)18)4-7-2-3-9-10(5-7)17-6-16-9/h2-5H,6H2,1H3,(H,13,18). The van der Waals surface area contributed by atoms with Crippen LogP contribution in [0.5, 0.6) is 11.5 Å². The third-order valence-corrected chi connectivity index (χ3v) is 3.16. The lowest BCUT2D eigenvalue weighted by Gasteiger charge is -2.02. The topological polar surface area (TPSA) is 50.8 Å². The second-order valence-electron chi connectivity index (χ2n) is 3.97. The van der Waals surface area contributed by atoms with Crippen molar-refractivity contribution >= 4 is 29.3 Å². The molecule has 0 atom stereocenters. The first kappa shape index (κ1) is 11.0. The van der Waals surface area contributed by atoms with Gasteiger partial charge >= 0.3 is 0 Å². The maximum absolute atomic E-state index is 11.8. The third kappa shape index (κ3) is 1.70. The van der Waals surface area contributed by atoms with E-state index < -0.39 is 0 Å². The van der Waals surface area contributed by atoms with E-state index in [0.717, 1.165) is 11.3 Å². The smallest absolute Gasteiger partial charge is 0.276 e. The lowest BCUT2D eigenvalue weighted by Crippen LogP contribution is -2.25. The van der Waals surface area contributed by atoms with Crippen LogP contribution in [-0.2, 0) is 4.79 Å². The SMILES string of the molecule is CN1C(=O)C(=Cc2ccc3c(c2)OCO3)NC1=S. The van der Waals surface area contributed by atoms with Crippen molar-refractivity contribution < 1.29 is 14.3 Å². The van der Waals surface area contributed by atoms with Crippen molar-refractivity contribution in [1.82, 2.24) is 10.2 Å². The predicted molar refractivity (Wildman–Crippen MR) is 69.0 cm³/mol. The highest BCUT2D eigenvalue weighted by molar-refractivity contribution is 7.80. The van der Waals surface area contributed by atoms with Crippen molar-refractivity contribution in [2.24, 2.45) is 0 Å². The Labute approximate surface area is 109 Å². The highest BCUT2D eigenvalue weighted by atomic mass is 32.1. The fourth-order valence-corrected chi connectivity index (χ4v) is 1.99. The first-order valence-corrected chi connectivity index (χ1v) is 5.76. The first-order valence-electron chi connectivity index (χ1n) is 5.35. The van der Waals surface area contributed by atoms with Crippen LogP contribution in [0.2, 0.25) is 0 Å². The molecule has 92 valence electrons. The molecule has 0 bridgehead atoms. The number of likely N-dealkylation sites (N-methyl/N-ethyl adjacent to an activating group) is 1. The second kappa shape index (κ2) is 3.99. The number of ether oxygens (including phenoxy) is 2. The van der Waals surface area contributed by atoms with Crippen molar-refractivity contribution in [2.45, 2.75) is 0 Å². The molecule has 1 amide bonds. The Morgan fingerprint density at radius 3 is 2.89 bits per heavy atom. The Bertz CT molecular complexity index is 583. The molecule has 1 aromatic rings. The quantitative estimate of drug-likeness (QED) is 0.607. The van der Waals surface area contributed by atoms with E-state index in [1.165, 1.54) is 4.90 Å². The number of thiocarbonyl (C=S) groups is 1. The lowest BCUT2D eigenvalue weighted by atomic mass is 10.1. The van der Waals surface area contributed by atoms with E-state index in [1.54, 1.807) is 13.1 Å². The highest BCUT2D eigenvalue weighted by Gasteiger charge is 2.27. The van der Waals surface area contributed by atoms with Gasteiger partial charge in [-0.1, -0.05) is 6.07 Å². The Kier molecular flexibility index (Phi) is 2.45. The first-order chi connectivity index (χ1) is 8.65.